The zero-order valence-electron chi connectivity index (χ0n) is 14.9. The summed E-state index contributed by atoms with van der Waals surface area (Å²) < 4.78 is 63.8. The van der Waals surface area contributed by atoms with Crippen LogP contribution in [0.25, 0.3) is 0 Å². The van der Waals surface area contributed by atoms with Crippen LogP contribution >= 0.6 is 0 Å². The molecule has 2 heterocycles. The highest BCUT2D eigenvalue weighted by molar-refractivity contribution is 6.02. The minimum absolute atomic E-state index is 0.0386. The molecule has 3 N–H and O–H groups in total. The zero-order valence-corrected chi connectivity index (χ0v) is 14.9. The number of hydrogen-bond donors (Lipinski definition) is 2. The molecule has 1 aliphatic rings. The van der Waals surface area contributed by atoms with Gasteiger partial charge in [0.25, 0.3) is 12.3 Å². The van der Waals surface area contributed by atoms with Gasteiger partial charge in [0, 0.05) is 11.3 Å². The number of nitrogens with zero attached hydrogens (tertiary/aromatic N) is 2. The van der Waals surface area contributed by atoms with E-state index in [9.17, 15) is 22.4 Å². The lowest BCUT2D eigenvalue weighted by atomic mass is 9.90. The highest BCUT2D eigenvalue weighted by atomic mass is 19.3. The number of ether oxygens (including phenoxy) is 2. The van der Waals surface area contributed by atoms with Crippen LogP contribution in [-0.2, 0) is 10.3 Å². The number of carbonyl (C=O) groups excluding carboxylic acids is 1. The number of aliphatic imine (C=N–C) groups is 1. The number of benzene rings is 1. The van der Waals surface area contributed by atoms with Gasteiger partial charge in [0.05, 0.1) is 12.8 Å². The second-order valence-corrected chi connectivity index (χ2v) is 6.10. The van der Waals surface area contributed by atoms with Crippen LogP contribution in [0.2, 0.25) is 0 Å². The number of rotatable bonds is 6. The van der Waals surface area contributed by atoms with Crippen molar-refractivity contribution in [1.82, 2.24) is 4.98 Å². The second-order valence-electron chi connectivity index (χ2n) is 6.10. The number of aromatic nitrogens is 1. The number of amidine groups is 1. The fourth-order valence-electron chi connectivity index (χ4n) is 2.79. The summed E-state index contributed by atoms with van der Waals surface area (Å²) >= 11 is 0. The Morgan fingerprint density at radius 1 is 1.34 bits per heavy atom. The lowest BCUT2D eigenvalue weighted by molar-refractivity contribution is -0.0145. The van der Waals surface area contributed by atoms with E-state index in [4.69, 9.17) is 10.5 Å². The molecule has 7 nitrogen and oxygen atoms in total. The molecule has 0 radical (unpaired) electrons. The molecule has 0 fully saturated rings. The summed E-state index contributed by atoms with van der Waals surface area (Å²) in [5, 5.41) is 2.44. The van der Waals surface area contributed by atoms with Crippen molar-refractivity contribution in [2.24, 2.45) is 10.7 Å². The summed E-state index contributed by atoms with van der Waals surface area (Å²) in [6, 6.07) is 5.80. The molecule has 1 atom stereocenters. The average molecular weight is 412 g/mol. The van der Waals surface area contributed by atoms with Crippen LogP contribution in [-0.4, -0.2) is 43.2 Å². The van der Waals surface area contributed by atoms with Gasteiger partial charge < -0.3 is 20.5 Å². The maximum Gasteiger partial charge on any atom is 0.274 e. The molecule has 1 amide bonds. The molecule has 1 aliphatic heterocycles. The summed E-state index contributed by atoms with van der Waals surface area (Å²) in [4.78, 5) is 19.9. The van der Waals surface area contributed by atoms with Gasteiger partial charge >= 0.3 is 0 Å². The predicted octanol–water partition coefficient (Wildman–Crippen LogP) is 2.63. The molecule has 0 unspecified atom stereocenters. The Morgan fingerprint density at radius 3 is 2.76 bits per heavy atom. The number of nitrogens with one attached hydrogen (secondary N) is 1. The molecule has 29 heavy (non-hydrogen) atoms. The third kappa shape index (κ3) is 4.29. The molecule has 1 aromatic heterocycles. The molecule has 0 bridgehead atoms. The Labute approximate surface area is 162 Å². The summed E-state index contributed by atoms with van der Waals surface area (Å²) in [5.74, 6) is -1.70. The van der Waals surface area contributed by atoms with Crippen LogP contribution in [0.5, 0.6) is 5.75 Å². The lowest BCUT2D eigenvalue weighted by Gasteiger charge is -2.33. The number of amides is 1. The quantitative estimate of drug-likeness (QED) is 0.711. The Morgan fingerprint density at radius 2 is 2.14 bits per heavy atom. The first kappa shape index (κ1) is 20.5. The van der Waals surface area contributed by atoms with Crippen molar-refractivity contribution in [1.29, 1.82) is 0 Å². The smallest absolute Gasteiger partial charge is 0.274 e. The van der Waals surface area contributed by atoms with Crippen molar-refractivity contribution >= 4 is 17.4 Å². The first-order chi connectivity index (χ1) is 13.9. The molecule has 1 aromatic carbocycles. The molecule has 154 valence electrons. The minimum atomic E-state index is -3.11. The summed E-state index contributed by atoms with van der Waals surface area (Å²) in [6.45, 7) is -1.76. The average Bonchev–Trinajstić information content (AvgIpc) is 2.70. The lowest BCUT2D eigenvalue weighted by Crippen LogP contribution is -2.45. The van der Waals surface area contributed by atoms with Gasteiger partial charge in [-0.1, -0.05) is 0 Å². The van der Waals surface area contributed by atoms with Crippen molar-refractivity contribution in [2.75, 3.05) is 25.4 Å². The van der Waals surface area contributed by atoms with Crippen LogP contribution in [0.1, 0.15) is 16.1 Å². The van der Waals surface area contributed by atoms with E-state index in [0.29, 0.717) is 0 Å². The molecule has 0 aliphatic carbocycles. The summed E-state index contributed by atoms with van der Waals surface area (Å²) in [7, 11) is 0. The number of carbonyl (C=O) groups is 1. The van der Waals surface area contributed by atoms with Gasteiger partial charge in [0.1, 0.15) is 29.7 Å². The van der Waals surface area contributed by atoms with Crippen LogP contribution in [0, 0.1) is 5.82 Å². The topological polar surface area (TPSA) is 98.8 Å². The van der Waals surface area contributed by atoms with Crippen LogP contribution < -0.4 is 15.8 Å². The molecule has 0 saturated carbocycles. The first-order valence-corrected chi connectivity index (χ1v) is 8.32. The van der Waals surface area contributed by atoms with E-state index in [1.54, 1.807) is 0 Å². The van der Waals surface area contributed by atoms with E-state index in [0.717, 1.165) is 18.3 Å². The van der Waals surface area contributed by atoms with E-state index in [1.807, 2.05) is 0 Å². The maximum absolute atomic E-state index is 14.4. The largest absolute Gasteiger partial charge is 0.461 e. The van der Waals surface area contributed by atoms with Crippen molar-refractivity contribution in [2.45, 2.75) is 12.0 Å². The molecular formula is C18H16F4N4O3. The van der Waals surface area contributed by atoms with E-state index in [2.05, 4.69) is 20.0 Å². The van der Waals surface area contributed by atoms with E-state index in [-0.39, 0.29) is 29.6 Å². The highest BCUT2D eigenvalue weighted by Crippen LogP contribution is 2.38. The third-order valence-corrected chi connectivity index (χ3v) is 4.16. The number of halogens is 4. The normalized spacial score (nSPS) is 19.0. The minimum Gasteiger partial charge on any atom is -0.461 e. The number of nitrogens with two attached hydrogens (primary N) is 1. The molecule has 11 heteroatoms. The zero-order chi connectivity index (χ0) is 21.0. The van der Waals surface area contributed by atoms with Crippen molar-refractivity contribution in [3.8, 4) is 5.75 Å². The number of hydrogen-bond acceptors (Lipinski definition) is 6. The molecule has 3 rings (SSSR count). The molecule has 0 saturated heterocycles. The summed E-state index contributed by atoms with van der Waals surface area (Å²) in [6.07, 6.45) is -1.96. The van der Waals surface area contributed by atoms with E-state index < -0.39 is 42.7 Å². The van der Waals surface area contributed by atoms with Crippen LogP contribution in [0.15, 0.2) is 41.5 Å². The van der Waals surface area contributed by atoms with Crippen molar-refractivity contribution < 1.29 is 31.8 Å². The second kappa shape index (κ2) is 8.43. The van der Waals surface area contributed by atoms with E-state index >= 15 is 0 Å². The maximum atomic E-state index is 14.4. The van der Waals surface area contributed by atoms with Gasteiger partial charge in [-0.2, -0.15) is 0 Å². The standard InChI is InChI=1S/C18H16F4N4O3/c19-9-29-11-2-4-14(24-6-11)16(27)25-10-1-3-13(20)12(5-10)18(17(21)22)8-28-7-15(23)26-18/h1-6,17H,7-9H2,(H2,23,26)(H,25,27)/t18-/m0/s1. The monoisotopic (exact) mass is 412 g/mol. The fourth-order valence-corrected chi connectivity index (χ4v) is 2.79. The van der Waals surface area contributed by atoms with Crippen molar-refractivity contribution in [3.63, 3.8) is 0 Å². The van der Waals surface area contributed by atoms with Gasteiger partial charge in [0.2, 0.25) is 6.86 Å². The predicted molar refractivity (Wildman–Crippen MR) is 95.3 cm³/mol. The van der Waals surface area contributed by atoms with Gasteiger partial charge in [-0.25, -0.2) is 22.5 Å². The fraction of sp³-hybridized carbons (Fsp3) is 0.278. The first-order valence-electron chi connectivity index (χ1n) is 8.32. The summed E-state index contributed by atoms with van der Waals surface area (Å²) in [5.41, 5.74) is 2.72. The van der Waals surface area contributed by atoms with Crippen LogP contribution in [0.4, 0.5) is 23.2 Å². The molecule has 0 spiro atoms. The van der Waals surface area contributed by atoms with Crippen LogP contribution in [0.3, 0.4) is 0 Å². The van der Waals surface area contributed by atoms with E-state index in [1.165, 1.54) is 18.2 Å². The third-order valence-electron chi connectivity index (χ3n) is 4.16. The number of pyridine rings is 1. The Balaban J connectivity index is 1.89. The number of alkyl halides is 3. The Kier molecular flexibility index (Phi) is 5.97. The SMILES string of the molecule is NC1=N[C@@](c2cc(NC(=O)c3ccc(OCF)cn3)ccc2F)(C(F)F)COC1. The highest BCUT2D eigenvalue weighted by Gasteiger charge is 2.46. The van der Waals surface area contributed by atoms with Gasteiger partial charge in [-0.05, 0) is 30.3 Å². The van der Waals surface area contributed by atoms with Crippen molar-refractivity contribution in [3.05, 3.63) is 53.6 Å². The molecule has 2 aromatic rings. The van der Waals surface area contributed by atoms with Gasteiger partial charge in [0.15, 0.2) is 5.54 Å². The Hall–Kier alpha value is -3.21. The molecular weight excluding hydrogens is 396 g/mol. The number of anilines is 1. The van der Waals surface area contributed by atoms with Gasteiger partial charge in [-0.3, -0.25) is 9.79 Å². The Bertz CT molecular complexity index is 924. The van der Waals surface area contributed by atoms with Gasteiger partial charge in [-0.15, -0.1) is 0 Å².